The van der Waals surface area contributed by atoms with Gasteiger partial charge in [0.1, 0.15) is 0 Å². The first-order chi connectivity index (χ1) is 9.74. The van der Waals surface area contributed by atoms with Crippen molar-refractivity contribution < 1.29 is 0 Å². The summed E-state index contributed by atoms with van der Waals surface area (Å²) < 4.78 is 1.71. The van der Waals surface area contributed by atoms with Crippen LogP contribution >= 0.6 is 11.3 Å². The van der Waals surface area contributed by atoms with Gasteiger partial charge in [0.25, 0.3) is 0 Å². The molecule has 2 aromatic heterocycles. The van der Waals surface area contributed by atoms with E-state index in [1.807, 2.05) is 42.1 Å². The summed E-state index contributed by atoms with van der Waals surface area (Å²) in [6.07, 6.45) is 0. The van der Waals surface area contributed by atoms with Crippen molar-refractivity contribution in [1.29, 1.82) is 0 Å². The Labute approximate surface area is 120 Å². The Hall–Kier alpha value is -2.28. The molecule has 0 saturated heterocycles. The van der Waals surface area contributed by atoms with Crippen molar-refractivity contribution in [2.24, 2.45) is 0 Å². The highest BCUT2D eigenvalue weighted by Crippen LogP contribution is 2.21. The van der Waals surface area contributed by atoms with Crippen LogP contribution in [0.3, 0.4) is 0 Å². The summed E-state index contributed by atoms with van der Waals surface area (Å²) in [6, 6.07) is 8.15. The van der Waals surface area contributed by atoms with E-state index in [1.54, 1.807) is 16.0 Å². The van der Waals surface area contributed by atoms with Gasteiger partial charge >= 0.3 is 0 Å². The second-order valence-corrected chi connectivity index (χ2v) is 5.19. The molecule has 1 atom stereocenters. The van der Waals surface area contributed by atoms with Crippen LogP contribution < -0.4 is 5.32 Å². The standard InChI is InChI=1S/C13H14N6S/c1-9(13-7-20-8-14-13)15-11-4-3-5-12(6-11)19-10(2)16-17-18-19/h3-9,15H,1-2H3. The number of rotatable bonds is 4. The van der Waals surface area contributed by atoms with Crippen LogP contribution in [0.5, 0.6) is 0 Å². The summed E-state index contributed by atoms with van der Waals surface area (Å²) in [7, 11) is 0. The molecule has 0 saturated carbocycles. The number of benzene rings is 1. The Morgan fingerprint density at radius 1 is 1.35 bits per heavy atom. The van der Waals surface area contributed by atoms with E-state index in [9.17, 15) is 0 Å². The van der Waals surface area contributed by atoms with Crippen molar-refractivity contribution in [2.75, 3.05) is 5.32 Å². The van der Waals surface area contributed by atoms with Gasteiger partial charge in [-0.1, -0.05) is 6.07 Å². The van der Waals surface area contributed by atoms with Gasteiger partial charge in [-0.25, -0.2) is 4.98 Å². The molecule has 0 amide bonds. The fourth-order valence-corrected chi connectivity index (χ4v) is 2.61. The number of nitrogens with one attached hydrogen (secondary N) is 1. The molecule has 102 valence electrons. The van der Waals surface area contributed by atoms with E-state index >= 15 is 0 Å². The molecule has 1 aromatic carbocycles. The lowest BCUT2D eigenvalue weighted by atomic mass is 10.2. The molecule has 0 fully saturated rings. The lowest BCUT2D eigenvalue weighted by Crippen LogP contribution is -2.07. The van der Waals surface area contributed by atoms with Crippen molar-refractivity contribution in [3.8, 4) is 5.69 Å². The van der Waals surface area contributed by atoms with Crippen molar-refractivity contribution in [3.05, 3.63) is 46.7 Å². The first-order valence-electron chi connectivity index (χ1n) is 6.24. The predicted molar refractivity (Wildman–Crippen MR) is 78.0 cm³/mol. The maximum Gasteiger partial charge on any atom is 0.153 e. The number of aromatic nitrogens is 5. The average Bonchev–Trinajstić information content (AvgIpc) is 3.10. The quantitative estimate of drug-likeness (QED) is 0.798. The average molecular weight is 286 g/mol. The summed E-state index contributed by atoms with van der Waals surface area (Å²) in [6.45, 7) is 3.96. The second-order valence-electron chi connectivity index (χ2n) is 4.47. The summed E-state index contributed by atoms with van der Waals surface area (Å²) >= 11 is 1.60. The second kappa shape index (κ2) is 5.38. The van der Waals surface area contributed by atoms with E-state index in [0.717, 1.165) is 22.9 Å². The minimum Gasteiger partial charge on any atom is -0.377 e. The molecule has 3 rings (SSSR count). The Kier molecular flexibility index (Phi) is 3.42. The first-order valence-corrected chi connectivity index (χ1v) is 7.18. The van der Waals surface area contributed by atoms with Gasteiger partial charge in [0.15, 0.2) is 5.82 Å². The zero-order chi connectivity index (χ0) is 13.9. The molecule has 2 heterocycles. The Morgan fingerprint density at radius 2 is 2.25 bits per heavy atom. The van der Waals surface area contributed by atoms with Gasteiger partial charge in [0.2, 0.25) is 0 Å². The molecule has 0 aliphatic heterocycles. The highest BCUT2D eigenvalue weighted by Gasteiger charge is 2.09. The molecule has 0 spiro atoms. The molecule has 6 nitrogen and oxygen atoms in total. The molecular formula is C13H14N6S. The number of aryl methyl sites for hydroxylation is 1. The molecule has 0 aliphatic carbocycles. The van der Waals surface area contributed by atoms with Gasteiger partial charge in [-0.05, 0) is 42.5 Å². The van der Waals surface area contributed by atoms with E-state index in [2.05, 4.69) is 32.7 Å². The largest absolute Gasteiger partial charge is 0.377 e. The van der Waals surface area contributed by atoms with Gasteiger partial charge in [-0.3, -0.25) is 0 Å². The van der Waals surface area contributed by atoms with Crippen LogP contribution in [0.15, 0.2) is 35.2 Å². The van der Waals surface area contributed by atoms with E-state index in [0.29, 0.717) is 0 Å². The smallest absolute Gasteiger partial charge is 0.153 e. The van der Waals surface area contributed by atoms with Gasteiger partial charge in [-0.2, -0.15) is 4.68 Å². The Balaban J connectivity index is 1.83. The third kappa shape index (κ3) is 2.53. The molecule has 1 N–H and O–H groups in total. The molecule has 1 unspecified atom stereocenters. The number of tetrazole rings is 1. The van der Waals surface area contributed by atoms with E-state index in [1.165, 1.54) is 0 Å². The van der Waals surface area contributed by atoms with Crippen LogP contribution in [0.25, 0.3) is 5.69 Å². The SMILES string of the molecule is Cc1nnnn1-c1cccc(NC(C)c2cscn2)c1. The summed E-state index contributed by atoms with van der Waals surface area (Å²) in [5.41, 5.74) is 4.83. The van der Waals surface area contributed by atoms with Crippen LogP contribution in [-0.2, 0) is 0 Å². The van der Waals surface area contributed by atoms with Crippen molar-refractivity contribution >= 4 is 17.0 Å². The molecule has 7 heteroatoms. The lowest BCUT2D eigenvalue weighted by molar-refractivity contribution is 0.778. The molecule has 0 radical (unpaired) electrons. The molecule has 0 aliphatic rings. The zero-order valence-corrected chi connectivity index (χ0v) is 12.0. The highest BCUT2D eigenvalue weighted by molar-refractivity contribution is 7.07. The zero-order valence-electron chi connectivity index (χ0n) is 11.2. The van der Waals surface area contributed by atoms with E-state index in [4.69, 9.17) is 0 Å². The minimum absolute atomic E-state index is 0.159. The number of hydrogen-bond donors (Lipinski definition) is 1. The van der Waals surface area contributed by atoms with Gasteiger partial charge in [-0.15, -0.1) is 16.4 Å². The van der Waals surface area contributed by atoms with E-state index < -0.39 is 0 Å². The van der Waals surface area contributed by atoms with Crippen molar-refractivity contribution in [2.45, 2.75) is 19.9 Å². The summed E-state index contributed by atoms with van der Waals surface area (Å²) in [4.78, 5) is 4.32. The Morgan fingerprint density at radius 3 is 2.95 bits per heavy atom. The predicted octanol–water partition coefficient (Wildman–Crippen LogP) is 2.60. The summed E-state index contributed by atoms with van der Waals surface area (Å²) in [5, 5.41) is 17.0. The van der Waals surface area contributed by atoms with Crippen molar-refractivity contribution in [3.63, 3.8) is 0 Å². The van der Waals surface area contributed by atoms with Crippen LogP contribution in [0.1, 0.15) is 24.5 Å². The summed E-state index contributed by atoms with van der Waals surface area (Å²) in [5.74, 6) is 0.759. The minimum atomic E-state index is 0.159. The maximum absolute atomic E-state index is 4.32. The van der Waals surface area contributed by atoms with Crippen LogP contribution in [-0.4, -0.2) is 25.2 Å². The van der Waals surface area contributed by atoms with Crippen LogP contribution in [0, 0.1) is 6.92 Å². The Bertz CT molecular complexity index is 690. The molecule has 0 bridgehead atoms. The monoisotopic (exact) mass is 286 g/mol. The third-order valence-electron chi connectivity index (χ3n) is 2.99. The number of nitrogens with zero attached hydrogens (tertiary/aromatic N) is 5. The fraction of sp³-hybridized carbons (Fsp3) is 0.231. The van der Waals surface area contributed by atoms with Crippen LogP contribution in [0.2, 0.25) is 0 Å². The number of anilines is 1. The first kappa shape index (κ1) is 12.7. The van der Waals surface area contributed by atoms with Gasteiger partial charge in [0, 0.05) is 11.1 Å². The van der Waals surface area contributed by atoms with E-state index in [-0.39, 0.29) is 6.04 Å². The van der Waals surface area contributed by atoms with Gasteiger partial charge in [0.05, 0.1) is 22.9 Å². The molecular weight excluding hydrogens is 272 g/mol. The highest BCUT2D eigenvalue weighted by atomic mass is 32.1. The maximum atomic E-state index is 4.32. The fourth-order valence-electron chi connectivity index (χ4n) is 1.96. The topological polar surface area (TPSA) is 68.5 Å². The number of thiazole rings is 1. The third-order valence-corrected chi connectivity index (χ3v) is 3.60. The van der Waals surface area contributed by atoms with Crippen LogP contribution in [0.4, 0.5) is 5.69 Å². The van der Waals surface area contributed by atoms with Crippen molar-refractivity contribution in [1.82, 2.24) is 25.2 Å². The lowest BCUT2D eigenvalue weighted by Gasteiger charge is -2.14. The normalized spacial score (nSPS) is 12.3. The molecule has 20 heavy (non-hydrogen) atoms. The molecule has 3 aromatic rings. The van der Waals surface area contributed by atoms with Gasteiger partial charge < -0.3 is 5.32 Å². The number of hydrogen-bond acceptors (Lipinski definition) is 6.